The molecule has 2 atom stereocenters. The van der Waals surface area contributed by atoms with E-state index in [2.05, 4.69) is 22.4 Å². The van der Waals surface area contributed by atoms with Crippen LogP contribution in [-0.4, -0.2) is 46.3 Å². The Morgan fingerprint density at radius 1 is 1.00 bits per heavy atom. The molecule has 164 valence electrons. The van der Waals surface area contributed by atoms with Gasteiger partial charge < -0.3 is 20.3 Å². The first-order chi connectivity index (χ1) is 15.5. The molecule has 1 aromatic heterocycles. The fourth-order valence-electron chi connectivity index (χ4n) is 3.93. The number of aliphatic hydroxyl groups excluding tert-OH is 2. The molecule has 0 fully saturated rings. The number of hydrogen-bond acceptors (Lipinski definition) is 6. The van der Waals surface area contributed by atoms with Crippen LogP contribution in [0.2, 0.25) is 0 Å². The number of pyridine rings is 1. The van der Waals surface area contributed by atoms with Crippen LogP contribution in [0, 0.1) is 0 Å². The number of Topliss-reactive ketones (excluding diaryl/α,β-unsaturated/α-hetero) is 1. The number of alkyl carbamates (subject to hydrolysis) is 1. The van der Waals surface area contributed by atoms with Crippen LogP contribution in [0.15, 0.2) is 66.9 Å². The molecule has 32 heavy (non-hydrogen) atoms. The molecule has 4 rings (SSSR count). The van der Waals surface area contributed by atoms with Gasteiger partial charge in [-0.25, -0.2) is 4.79 Å². The van der Waals surface area contributed by atoms with Gasteiger partial charge >= 0.3 is 6.09 Å². The molecule has 2 aromatic carbocycles. The number of ether oxygens (including phenoxy) is 1. The normalized spacial score (nSPS) is 14.2. The van der Waals surface area contributed by atoms with E-state index in [9.17, 15) is 19.8 Å². The van der Waals surface area contributed by atoms with E-state index in [0.717, 1.165) is 22.3 Å². The Labute approximate surface area is 185 Å². The Morgan fingerprint density at radius 3 is 2.19 bits per heavy atom. The van der Waals surface area contributed by atoms with Crippen LogP contribution in [0.4, 0.5) is 4.79 Å². The smallest absolute Gasteiger partial charge is 0.407 e. The number of amides is 1. The maximum atomic E-state index is 12.2. The number of nitrogens with one attached hydrogen (secondary N) is 1. The fourth-order valence-corrected chi connectivity index (χ4v) is 3.93. The molecule has 3 N–H and O–H groups in total. The Balaban J connectivity index is 1.32. The average molecular weight is 432 g/mol. The molecule has 2 unspecified atom stereocenters. The van der Waals surface area contributed by atoms with E-state index in [1.54, 1.807) is 0 Å². The number of carbonyl (C=O) groups is 2. The summed E-state index contributed by atoms with van der Waals surface area (Å²) in [6.45, 7) is 1.36. The molecule has 7 heteroatoms. The van der Waals surface area contributed by atoms with Crippen molar-refractivity contribution >= 4 is 11.9 Å². The van der Waals surface area contributed by atoms with Crippen molar-refractivity contribution in [2.75, 3.05) is 13.2 Å². The Kier molecular flexibility index (Phi) is 6.30. The van der Waals surface area contributed by atoms with Crippen LogP contribution < -0.4 is 5.32 Å². The lowest BCUT2D eigenvalue weighted by atomic mass is 9.98. The van der Waals surface area contributed by atoms with Crippen LogP contribution in [0.25, 0.3) is 11.1 Å². The molecule has 0 radical (unpaired) electrons. The van der Waals surface area contributed by atoms with Crippen LogP contribution in [-0.2, 0) is 4.74 Å². The number of ketones is 1. The maximum absolute atomic E-state index is 12.2. The molecule has 3 aromatic rings. The summed E-state index contributed by atoms with van der Waals surface area (Å²) in [5, 5.41) is 23.0. The number of benzene rings is 2. The van der Waals surface area contributed by atoms with Crippen LogP contribution in [0.1, 0.15) is 46.1 Å². The Hall–Kier alpha value is -3.55. The number of nitrogens with zero attached hydrogens (tertiary/aromatic N) is 1. The molecule has 1 aliphatic carbocycles. The van der Waals surface area contributed by atoms with Gasteiger partial charge in [-0.05, 0) is 41.3 Å². The molecule has 0 bridgehead atoms. The van der Waals surface area contributed by atoms with Gasteiger partial charge in [0.1, 0.15) is 18.8 Å². The summed E-state index contributed by atoms with van der Waals surface area (Å²) in [5.74, 6) is -0.205. The predicted octanol–water partition coefficient (Wildman–Crippen LogP) is 3.22. The highest BCUT2D eigenvalue weighted by Crippen LogP contribution is 2.44. The van der Waals surface area contributed by atoms with E-state index in [0.29, 0.717) is 5.56 Å². The van der Waals surface area contributed by atoms with Crippen molar-refractivity contribution in [1.82, 2.24) is 10.3 Å². The minimum absolute atomic E-state index is 0.0624. The standard InChI is InChI=1S/C25H24N2O5/c1-15(28)16-10-11-22(26-12-16)24(30)23(29)13-27-25(31)32-14-21-19-8-4-2-6-17(19)18-7-3-5-9-20(18)21/h2-12,21,23-24,29-30H,13-14H2,1H3,(H,27,31). The molecular formula is C25H24N2O5. The van der Waals surface area contributed by atoms with E-state index in [1.165, 1.54) is 25.3 Å². The van der Waals surface area contributed by atoms with Crippen molar-refractivity contribution in [3.05, 3.63) is 89.2 Å². The summed E-state index contributed by atoms with van der Waals surface area (Å²) in [6.07, 6.45) is -1.94. The summed E-state index contributed by atoms with van der Waals surface area (Å²) >= 11 is 0. The lowest BCUT2D eigenvalue weighted by Crippen LogP contribution is -2.36. The number of hydrogen-bond donors (Lipinski definition) is 3. The fraction of sp³-hybridized carbons (Fsp3) is 0.240. The summed E-state index contributed by atoms with van der Waals surface area (Å²) in [7, 11) is 0. The van der Waals surface area contributed by atoms with Gasteiger partial charge in [0, 0.05) is 24.2 Å². The first-order valence-corrected chi connectivity index (χ1v) is 10.4. The second kappa shape index (κ2) is 9.30. The zero-order chi connectivity index (χ0) is 22.7. The first-order valence-electron chi connectivity index (χ1n) is 10.4. The number of aromatic nitrogens is 1. The van der Waals surface area contributed by atoms with Crippen molar-refractivity contribution in [2.24, 2.45) is 0 Å². The highest BCUT2D eigenvalue weighted by atomic mass is 16.5. The number of carbonyl (C=O) groups excluding carboxylic acids is 2. The van der Waals surface area contributed by atoms with Gasteiger partial charge in [-0.3, -0.25) is 9.78 Å². The topological polar surface area (TPSA) is 109 Å². The first kappa shape index (κ1) is 21.7. The molecule has 1 amide bonds. The lowest BCUT2D eigenvalue weighted by molar-refractivity contribution is 0.0160. The number of rotatable bonds is 7. The Bertz CT molecular complexity index is 1080. The zero-order valence-electron chi connectivity index (χ0n) is 17.6. The predicted molar refractivity (Wildman–Crippen MR) is 118 cm³/mol. The average Bonchev–Trinajstić information content (AvgIpc) is 3.14. The maximum Gasteiger partial charge on any atom is 0.407 e. The van der Waals surface area contributed by atoms with E-state index in [4.69, 9.17) is 4.74 Å². The van der Waals surface area contributed by atoms with E-state index in [1.807, 2.05) is 36.4 Å². The largest absolute Gasteiger partial charge is 0.449 e. The number of fused-ring (bicyclic) bond motifs is 3. The molecule has 0 saturated carbocycles. The zero-order valence-corrected chi connectivity index (χ0v) is 17.6. The van der Waals surface area contributed by atoms with Crippen molar-refractivity contribution in [1.29, 1.82) is 0 Å². The third-order valence-electron chi connectivity index (χ3n) is 5.66. The molecular weight excluding hydrogens is 408 g/mol. The third-order valence-corrected chi connectivity index (χ3v) is 5.66. The molecule has 1 aliphatic rings. The lowest BCUT2D eigenvalue weighted by Gasteiger charge is -2.19. The van der Waals surface area contributed by atoms with Crippen molar-refractivity contribution in [3.63, 3.8) is 0 Å². The van der Waals surface area contributed by atoms with Gasteiger partial charge in [0.05, 0.1) is 5.69 Å². The van der Waals surface area contributed by atoms with Crippen LogP contribution in [0.3, 0.4) is 0 Å². The highest BCUT2D eigenvalue weighted by Gasteiger charge is 2.29. The van der Waals surface area contributed by atoms with E-state index in [-0.39, 0.29) is 30.5 Å². The van der Waals surface area contributed by atoms with E-state index >= 15 is 0 Å². The van der Waals surface area contributed by atoms with Gasteiger partial charge in [0.2, 0.25) is 0 Å². The van der Waals surface area contributed by atoms with Crippen molar-refractivity contribution in [2.45, 2.75) is 25.0 Å². The second-order valence-electron chi connectivity index (χ2n) is 7.75. The van der Waals surface area contributed by atoms with Gasteiger partial charge in [-0.1, -0.05) is 48.5 Å². The van der Waals surface area contributed by atoms with Crippen LogP contribution in [0.5, 0.6) is 0 Å². The molecule has 0 aliphatic heterocycles. The number of aliphatic hydroxyl groups is 2. The van der Waals surface area contributed by atoms with Crippen molar-refractivity contribution < 1.29 is 24.5 Å². The van der Waals surface area contributed by atoms with Crippen molar-refractivity contribution in [3.8, 4) is 11.1 Å². The van der Waals surface area contributed by atoms with Gasteiger partial charge in [-0.15, -0.1) is 0 Å². The summed E-state index contributed by atoms with van der Waals surface area (Å²) < 4.78 is 5.42. The third kappa shape index (κ3) is 4.39. The van der Waals surface area contributed by atoms with E-state index < -0.39 is 18.3 Å². The molecule has 7 nitrogen and oxygen atoms in total. The second-order valence-corrected chi connectivity index (χ2v) is 7.75. The molecule has 0 spiro atoms. The van der Waals surface area contributed by atoms with Gasteiger partial charge in [0.25, 0.3) is 0 Å². The quantitative estimate of drug-likeness (QED) is 0.495. The minimum atomic E-state index is -1.31. The summed E-state index contributed by atoms with van der Waals surface area (Å²) in [4.78, 5) is 27.6. The SMILES string of the molecule is CC(=O)c1ccc(C(O)C(O)CNC(=O)OCC2c3ccccc3-c3ccccc32)nc1. The van der Waals surface area contributed by atoms with Gasteiger partial charge in [-0.2, -0.15) is 0 Å². The Morgan fingerprint density at radius 2 is 1.62 bits per heavy atom. The molecule has 0 saturated heterocycles. The minimum Gasteiger partial charge on any atom is -0.449 e. The highest BCUT2D eigenvalue weighted by molar-refractivity contribution is 5.93. The summed E-state index contributed by atoms with van der Waals surface area (Å²) in [6, 6.07) is 19.1. The monoisotopic (exact) mass is 432 g/mol. The van der Waals surface area contributed by atoms with Crippen LogP contribution >= 0.6 is 0 Å². The summed E-state index contributed by atoms with van der Waals surface area (Å²) in [5.41, 5.74) is 5.11. The van der Waals surface area contributed by atoms with Gasteiger partial charge in [0.15, 0.2) is 5.78 Å². The molecule has 1 heterocycles.